The van der Waals surface area contributed by atoms with E-state index in [0.29, 0.717) is 10.0 Å². The van der Waals surface area contributed by atoms with Gasteiger partial charge in [0.2, 0.25) is 5.75 Å². The normalized spacial score (nSPS) is 10.6. The van der Waals surface area contributed by atoms with Gasteiger partial charge in [0.05, 0.1) is 11.1 Å². The molecule has 0 atom stereocenters. The summed E-state index contributed by atoms with van der Waals surface area (Å²) in [4.78, 5) is 25.6. The Labute approximate surface area is 132 Å². The highest BCUT2D eigenvalue weighted by Gasteiger charge is 2.17. The van der Waals surface area contributed by atoms with Crippen LogP contribution in [-0.4, -0.2) is 27.1 Å². The number of amides is 1. The molecule has 0 aliphatic carbocycles. The van der Waals surface area contributed by atoms with Gasteiger partial charge in [0.15, 0.2) is 0 Å². The van der Waals surface area contributed by atoms with Gasteiger partial charge in [0.25, 0.3) is 5.91 Å². The van der Waals surface area contributed by atoms with E-state index < -0.39 is 22.3 Å². The summed E-state index contributed by atoms with van der Waals surface area (Å²) in [6, 6.07) is 5.62. The Morgan fingerprint density at radius 1 is 1.41 bits per heavy atom. The van der Waals surface area contributed by atoms with Crippen LogP contribution in [0.4, 0.5) is 5.69 Å². The minimum atomic E-state index is -0.715. The van der Waals surface area contributed by atoms with Crippen molar-refractivity contribution in [2.45, 2.75) is 0 Å². The first kappa shape index (κ1) is 15.6. The van der Waals surface area contributed by atoms with E-state index in [9.17, 15) is 20.0 Å². The zero-order chi connectivity index (χ0) is 16.1. The van der Waals surface area contributed by atoms with Crippen molar-refractivity contribution in [2.24, 2.45) is 5.10 Å². The van der Waals surface area contributed by atoms with Gasteiger partial charge >= 0.3 is 5.69 Å². The van der Waals surface area contributed by atoms with Crippen molar-refractivity contribution in [1.29, 1.82) is 0 Å². The molecular weight excluding hydrogens is 356 g/mol. The Morgan fingerprint density at radius 3 is 2.73 bits per heavy atom. The average molecular weight is 365 g/mol. The largest absolute Gasteiger partial charge is 0.502 e. The Bertz CT molecular complexity index is 749. The van der Waals surface area contributed by atoms with E-state index in [1.54, 1.807) is 0 Å². The number of nitro benzene ring substituents is 1. The summed E-state index contributed by atoms with van der Waals surface area (Å²) in [7, 11) is 0. The summed E-state index contributed by atoms with van der Waals surface area (Å²) in [5.41, 5.74) is 2.24. The average Bonchev–Trinajstić information content (AvgIpc) is 2.50. The van der Waals surface area contributed by atoms with E-state index in [2.05, 4.69) is 31.4 Å². The fourth-order valence-electron chi connectivity index (χ4n) is 1.57. The molecule has 0 fully saturated rings. The monoisotopic (exact) mass is 364 g/mol. The third-order valence-electron chi connectivity index (χ3n) is 2.59. The molecule has 1 aromatic carbocycles. The van der Waals surface area contributed by atoms with Crippen molar-refractivity contribution in [3.05, 3.63) is 62.4 Å². The quantitative estimate of drug-likeness (QED) is 0.489. The number of hydrogen-bond acceptors (Lipinski definition) is 6. The molecule has 1 amide bonds. The number of carbonyl (C=O) groups is 1. The van der Waals surface area contributed by atoms with Gasteiger partial charge in [-0.05, 0) is 18.2 Å². The van der Waals surface area contributed by atoms with Crippen LogP contribution in [0.3, 0.4) is 0 Å². The molecule has 9 heteroatoms. The number of aromatic hydroxyl groups is 1. The number of benzene rings is 1. The third-order valence-corrected chi connectivity index (χ3v) is 3.05. The fourth-order valence-corrected chi connectivity index (χ4v) is 2.03. The lowest BCUT2D eigenvalue weighted by Crippen LogP contribution is -2.17. The molecule has 0 saturated carbocycles. The number of nitrogens with zero attached hydrogens (tertiary/aromatic N) is 3. The number of phenolic OH excluding ortho intramolecular Hbond substituents is 1. The van der Waals surface area contributed by atoms with Crippen LogP contribution in [0.2, 0.25) is 0 Å². The van der Waals surface area contributed by atoms with Gasteiger partial charge in [-0.1, -0.05) is 15.9 Å². The molecule has 0 saturated heterocycles. The Hall–Kier alpha value is -2.81. The van der Waals surface area contributed by atoms with E-state index in [-0.39, 0.29) is 5.56 Å². The number of pyridine rings is 1. The molecule has 112 valence electrons. The van der Waals surface area contributed by atoms with Gasteiger partial charge < -0.3 is 5.11 Å². The van der Waals surface area contributed by atoms with E-state index in [4.69, 9.17) is 0 Å². The number of hydrogen-bond donors (Lipinski definition) is 2. The smallest absolute Gasteiger partial charge is 0.312 e. The lowest BCUT2D eigenvalue weighted by molar-refractivity contribution is -0.385. The molecule has 0 aliphatic heterocycles. The molecule has 0 spiro atoms. The molecule has 2 aromatic rings. The predicted molar refractivity (Wildman–Crippen MR) is 81.8 cm³/mol. The highest BCUT2D eigenvalue weighted by Crippen LogP contribution is 2.32. The first-order valence-electron chi connectivity index (χ1n) is 5.89. The summed E-state index contributed by atoms with van der Waals surface area (Å²) >= 11 is 3.10. The minimum Gasteiger partial charge on any atom is -0.502 e. The zero-order valence-corrected chi connectivity index (χ0v) is 12.5. The fraction of sp³-hybridized carbons (Fsp3) is 0. The van der Waals surface area contributed by atoms with Crippen molar-refractivity contribution in [3.63, 3.8) is 0 Å². The Kier molecular flexibility index (Phi) is 4.79. The second-order valence-corrected chi connectivity index (χ2v) is 4.97. The maximum atomic E-state index is 11.7. The van der Waals surface area contributed by atoms with Gasteiger partial charge in [-0.25, -0.2) is 5.43 Å². The number of phenols is 1. The third kappa shape index (κ3) is 3.64. The number of hydrazone groups is 1. The molecular formula is C13H9BrN4O4. The van der Waals surface area contributed by atoms with Crippen LogP contribution in [0.25, 0.3) is 0 Å². The van der Waals surface area contributed by atoms with Gasteiger partial charge in [-0.15, -0.1) is 0 Å². The summed E-state index contributed by atoms with van der Waals surface area (Å²) in [6.45, 7) is 0. The molecule has 0 radical (unpaired) electrons. The van der Waals surface area contributed by atoms with Crippen LogP contribution in [0.1, 0.15) is 15.9 Å². The molecule has 1 heterocycles. The summed E-state index contributed by atoms with van der Waals surface area (Å²) in [6.07, 6.45) is 4.04. The standard InChI is InChI=1S/C13H9BrN4O4/c14-10-5-9(12(19)11(6-10)18(21)22)7-16-17-13(20)8-1-3-15-4-2-8/h1-7,19H,(H,17,20)/b16-7-. The molecule has 2 rings (SSSR count). The number of rotatable bonds is 4. The van der Waals surface area contributed by atoms with Gasteiger partial charge in [-0.3, -0.25) is 19.9 Å². The molecule has 0 unspecified atom stereocenters. The van der Waals surface area contributed by atoms with Gasteiger partial charge in [0.1, 0.15) is 0 Å². The number of aromatic nitrogens is 1. The van der Waals surface area contributed by atoms with Crippen molar-refractivity contribution >= 4 is 33.7 Å². The number of carbonyl (C=O) groups excluding carboxylic acids is 1. The zero-order valence-electron chi connectivity index (χ0n) is 10.9. The number of nitrogens with one attached hydrogen (secondary N) is 1. The van der Waals surface area contributed by atoms with E-state index in [1.165, 1.54) is 36.7 Å². The lowest BCUT2D eigenvalue weighted by Gasteiger charge is -2.02. The first-order valence-corrected chi connectivity index (χ1v) is 6.68. The molecule has 2 N–H and O–H groups in total. The topological polar surface area (TPSA) is 118 Å². The highest BCUT2D eigenvalue weighted by atomic mass is 79.9. The van der Waals surface area contributed by atoms with Crippen molar-refractivity contribution in [1.82, 2.24) is 10.4 Å². The Balaban J connectivity index is 2.17. The minimum absolute atomic E-state index is 0.0936. The van der Waals surface area contributed by atoms with Crippen LogP contribution in [-0.2, 0) is 0 Å². The lowest BCUT2D eigenvalue weighted by atomic mass is 10.2. The van der Waals surface area contributed by atoms with Crippen LogP contribution in [0, 0.1) is 10.1 Å². The van der Waals surface area contributed by atoms with Crippen molar-refractivity contribution < 1.29 is 14.8 Å². The van der Waals surface area contributed by atoms with E-state index in [0.717, 1.165) is 6.21 Å². The van der Waals surface area contributed by atoms with Crippen molar-refractivity contribution in [2.75, 3.05) is 0 Å². The maximum absolute atomic E-state index is 11.7. The molecule has 1 aromatic heterocycles. The van der Waals surface area contributed by atoms with E-state index in [1.807, 2.05) is 0 Å². The molecule has 22 heavy (non-hydrogen) atoms. The molecule has 8 nitrogen and oxygen atoms in total. The first-order chi connectivity index (χ1) is 10.5. The van der Waals surface area contributed by atoms with E-state index >= 15 is 0 Å². The second kappa shape index (κ2) is 6.76. The number of halogens is 1. The SMILES string of the molecule is O=C(N/N=C\c1cc(Br)cc([N+](=O)[O-])c1O)c1ccncc1. The second-order valence-electron chi connectivity index (χ2n) is 4.05. The van der Waals surface area contributed by atoms with Crippen LogP contribution < -0.4 is 5.43 Å². The number of nitro groups is 1. The maximum Gasteiger partial charge on any atom is 0.312 e. The Morgan fingerprint density at radius 2 is 2.09 bits per heavy atom. The van der Waals surface area contributed by atoms with Crippen LogP contribution in [0.5, 0.6) is 5.75 Å². The van der Waals surface area contributed by atoms with Crippen molar-refractivity contribution in [3.8, 4) is 5.75 Å². The molecule has 0 bridgehead atoms. The predicted octanol–water partition coefficient (Wildman–Crippen LogP) is 2.22. The molecule has 0 aliphatic rings. The highest BCUT2D eigenvalue weighted by molar-refractivity contribution is 9.10. The summed E-state index contributed by atoms with van der Waals surface area (Å²) in [5, 5.41) is 24.3. The van der Waals surface area contributed by atoms with Crippen LogP contribution in [0.15, 0.2) is 46.2 Å². The van der Waals surface area contributed by atoms with Gasteiger partial charge in [0, 0.05) is 34.1 Å². The summed E-state index contributed by atoms with van der Waals surface area (Å²) in [5.74, 6) is -1.00. The van der Waals surface area contributed by atoms with Crippen LogP contribution >= 0.6 is 15.9 Å². The van der Waals surface area contributed by atoms with Gasteiger partial charge in [-0.2, -0.15) is 5.10 Å². The summed E-state index contributed by atoms with van der Waals surface area (Å²) < 4.78 is 0.402.